The van der Waals surface area contributed by atoms with Gasteiger partial charge >= 0.3 is 5.97 Å². The monoisotopic (exact) mass is 642 g/mol. The molecule has 0 aliphatic carbocycles. The number of rotatable bonds is 12. The summed E-state index contributed by atoms with van der Waals surface area (Å²) >= 11 is 0. The van der Waals surface area contributed by atoms with Gasteiger partial charge < -0.3 is 45.2 Å². The minimum absolute atomic E-state index is 0.299. The highest BCUT2D eigenvalue weighted by Gasteiger charge is 2.48. The lowest BCUT2D eigenvalue weighted by molar-refractivity contribution is -0.271. The van der Waals surface area contributed by atoms with Crippen molar-refractivity contribution in [3.8, 4) is 17.2 Å². The predicted molar refractivity (Wildman–Crippen MR) is 173 cm³/mol. The Bertz CT molecular complexity index is 1660. The van der Waals surface area contributed by atoms with Crippen molar-refractivity contribution in [3.63, 3.8) is 0 Å². The SMILES string of the molecule is CC(C)(c1ccc(OCc2cccc(COc3ccc(C=NN)cc3)c2)cc1)c1ccc(O[C@@H]2O[C@H](C(=O)O)[C@@H](O)[C@H](O)[C@H]2O)cc1. The Balaban J connectivity index is 1.16. The molecule has 0 unspecified atom stereocenters. The third-order valence-corrected chi connectivity index (χ3v) is 8.12. The summed E-state index contributed by atoms with van der Waals surface area (Å²) in [7, 11) is 0. The van der Waals surface area contributed by atoms with Gasteiger partial charge in [-0.2, -0.15) is 5.10 Å². The summed E-state index contributed by atoms with van der Waals surface area (Å²) in [4.78, 5) is 11.4. The van der Waals surface area contributed by atoms with Gasteiger partial charge in [-0.15, -0.1) is 0 Å². The smallest absolute Gasteiger partial charge is 0.335 e. The Hall–Kier alpha value is -4.94. The molecule has 0 radical (unpaired) electrons. The normalized spacial score (nSPS) is 21.3. The maximum atomic E-state index is 11.4. The van der Waals surface area contributed by atoms with Crippen LogP contribution in [0.2, 0.25) is 0 Å². The van der Waals surface area contributed by atoms with Gasteiger partial charge in [0.25, 0.3) is 0 Å². The highest BCUT2D eigenvalue weighted by atomic mass is 16.7. The molecule has 1 heterocycles. The Kier molecular flexibility index (Phi) is 10.4. The van der Waals surface area contributed by atoms with E-state index in [1.807, 2.05) is 78.9 Å². The maximum absolute atomic E-state index is 11.4. The van der Waals surface area contributed by atoms with Crippen LogP contribution in [0, 0.1) is 0 Å². The van der Waals surface area contributed by atoms with Gasteiger partial charge in [0.05, 0.1) is 6.21 Å². The number of carbonyl (C=O) groups is 1. The Labute approximate surface area is 272 Å². The van der Waals surface area contributed by atoms with Crippen LogP contribution in [0.3, 0.4) is 0 Å². The van der Waals surface area contributed by atoms with E-state index < -0.39 is 36.7 Å². The molecule has 47 heavy (non-hydrogen) atoms. The van der Waals surface area contributed by atoms with Gasteiger partial charge in [0, 0.05) is 5.41 Å². The summed E-state index contributed by atoms with van der Waals surface area (Å²) in [5, 5.41) is 43.0. The summed E-state index contributed by atoms with van der Waals surface area (Å²) < 4.78 is 22.8. The van der Waals surface area contributed by atoms with Gasteiger partial charge in [-0.05, 0) is 82.4 Å². The fourth-order valence-corrected chi connectivity index (χ4v) is 5.25. The third kappa shape index (κ3) is 8.08. The first-order valence-corrected chi connectivity index (χ1v) is 15.0. The van der Waals surface area contributed by atoms with Crippen molar-refractivity contribution in [2.75, 3.05) is 0 Å². The van der Waals surface area contributed by atoms with Gasteiger partial charge in [0.15, 0.2) is 6.10 Å². The number of carboxylic acid groups (broad SMARTS) is 1. The number of aliphatic hydroxyl groups is 3. The zero-order valence-electron chi connectivity index (χ0n) is 26.0. The second-order valence-electron chi connectivity index (χ2n) is 11.8. The van der Waals surface area contributed by atoms with Crippen molar-refractivity contribution in [3.05, 3.63) is 125 Å². The molecule has 5 rings (SSSR count). The molecule has 6 N–H and O–H groups in total. The van der Waals surface area contributed by atoms with Crippen LogP contribution in [0.5, 0.6) is 17.2 Å². The molecule has 1 aliphatic rings. The summed E-state index contributed by atoms with van der Waals surface area (Å²) in [6.07, 6.45) is -6.80. The van der Waals surface area contributed by atoms with Crippen LogP contribution < -0.4 is 20.1 Å². The van der Waals surface area contributed by atoms with E-state index in [4.69, 9.17) is 24.8 Å². The van der Waals surface area contributed by atoms with E-state index in [0.29, 0.717) is 19.0 Å². The Morgan fingerprint density at radius 2 is 1.30 bits per heavy atom. The molecule has 5 atom stereocenters. The van der Waals surface area contributed by atoms with E-state index in [1.54, 1.807) is 18.3 Å². The largest absolute Gasteiger partial charge is 0.489 e. The number of nitrogens with zero attached hydrogens (tertiary/aromatic N) is 1. The minimum Gasteiger partial charge on any atom is -0.489 e. The average molecular weight is 643 g/mol. The highest BCUT2D eigenvalue weighted by molar-refractivity contribution is 5.79. The molecular formula is C36H38N2O9. The fraction of sp³-hybridized carbons (Fsp3) is 0.278. The van der Waals surface area contributed by atoms with E-state index in [0.717, 1.165) is 39.3 Å². The van der Waals surface area contributed by atoms with Gasteiger partial charge in [-0.3, -0.25) is 0 Å². The van der Waals surface area contributed by atoms with Crippen LogP contribution in [0.4, 0.5) is 0 Å². The van der Waals surface area contributed by atoms with Crippen LogP contribution in [0.25, 0.3) is 0 Å². The average Bonchev–Trinajstić information content (AvgIpc) is 3.08. The van der Waals surface area contributed by atoms with Crippen molar-refractivity contribution < 1.29 is 44.2 Å². The summed E-state index contributed by atoms with van der Waals surface area (Å²) in [6.45, 7) is 4.98. The molecule has 1 aliphatic heterocycles. The topological polar surface area (TPSA) is 173 Å². The van der Waals surface area contributed by atoms with Gasteiger partial charge in [-0.25, -0.2) is 4.79 Å². The Morgan fingerprint density at radius 1 is 0.787 bits per heavy atom. The summed E-state index contributed by atoms with van der Waals surface area (Å²) in [6, 6.07) is 30.5. The van der Waals surface area contributed by atoms with E-state index >= 15 is 0 Å². The van der Waals surface area contributed by atoms with E-state index in [9.17, 15) is 25.2 Å². The maximum Gasteiger partial charge on any atom is 0.335 e. The Morgan fingerprint density at radius 3 is 1.81 bits per heavy atom. The number of aliphatic carboxylic acids is 1. The first-order chi connectivity index (χ1) is 22.5. The van der Waals surface area contributed by atoms with Gasteiger partial charge in [0.1, 0.15) is 48.8 Å². The molecule has 0 aromatic heterocycles. The number of benzene rings is 4. The molecule has 11 heteroatoms. The summed E-state index contributed by atoms with van der Waals surface area (Å²) in [5.41, 5.74) is 4.57. The molecule has 0 spiro atoms. The number of ether oxygens (including phenoxy) is 4. The molecule has 4 aromatic carbocycles. The van der Waals surface area contributed by atoms with Crippen molar-refractivity contribution in [2.45, 2.75) is 63.2 Å². The standard InChI is InChI=1S/C36H38N2O9/c1-36(2,26-10-16-29(17-11-26)46-35-32(41)30(39)31(40)33(47-35)34(42)43)25-8-14-28(15-9-25)45-21-24-5-3-4-23(18-24)20-44-27-12-6-22(7-13-27)19-38-37/h3-19,30-33,35,39-41H,20-21,37H2,1-2H3,(H,42,43)/t30-,31-,32+,33-,35+/m0/s1. The van der Waals surface area contributed by atoms with Crippen LogP contribution in [-0.4, -0.2) is 63.3 Å². The predicted octanol–water partition coefficient (Wildman–Crippen LogP) is 3.73. The highest BCUT2D eigenvalue weighted by Crippen LogP contribution is 2.34. The molecule has 11 nitrogen and oxygen atoms in total. The minimum atomic E-state index is -1.79. The summed E-state index contributed by atoms with van der Waals surface area (Å²) in [5.74, 6) is 5.50. The number of hydrazone groups is 1. The molecule has 1 fully saturated rings. The molecule has 4 aromatic rings. The van der Waals surface area contributed by atoms with Crippen LogP contribution in [0.15, 0.2) is 102 Å². The number of carboxylic acids is 1. The number of nitrogens with two attached hydrogens (primary N) is 1. The molecule has 0 amide bonds. The number of hydrogen-bond donors (Lipinski definition) is 5. The quantitative estimate of drug-likeness (QED) is 0.0871. The van der Waals surface area contributed by atoms with E-state index in [1.165, 1.54) is 0 Å². The van der Waals surface area contributed by atoms with Gasteiger partial charge in [-0.1, -0.05) is 56.3 Å². The van der Waals surface area contributed by atoms with Crippen LogP contribution >= 0.6 is 0 Å². The lowest BCUT2D eigenvalue weighted by Gasteiger charge is -2.38. The molecular weight excluding hydrogens is 604 g/mol. The van der Waals surface area contributed by atoms with Crippen molar-refractivity contribution in [1.82, 2.24) is 0 Å². The van der Waals surface area contributed by atoms with E-state index in [2.05, 4.69) is 25.0 Å². The first-order valence-electron chi connectivity index (χ1n) is 15.0. The van der Waals surface area contributed by atoms with Crippen molar-refractivity contribution >= 4 is 12.2 Å². The molecule has 1 saturated heterocycles. The molecule has 246 valence electrons. The number of aliphatic hydroxyl groups excluding tert-OH is 3. The zero-order valence-corrected chi connectivity index (χ0v) is 26.0. The van der Waals surface area contributed by atoms with Crippen molar-refractivity contribution in [2.24, 2.45) is 10.9 Å². The van der Waals surface area contributed by atoms with Crippen LogP contribution in [-0.2, 0) is 28.2 Å². The van der Waals surface area contributed by atoms with Crippen LogP contribution in [0.1, 0.15) is 41.7 Å². The second kappa shape index (κ2) is 14.7. The first kappa shape index (κ1) is 33.4. The van der Waals surface area contributed by atoms with E-state index in [-0.39, 0.29) is 5.41 Å². The zero-order chi connectivity index (χ0) is 33.6. The third-order valence-electron chi connectivity index (χ3n) is 8.12. The number of hydrogen-bond acceptors (Lipinski definition) is 10. The van der Waals surface area contributed by atoms with Crippen molar-refractivity contribution in [1.29, 1.82) is 0 Å². The lowest BCUT2D eigenvalue weighted by Crippen LogP contribution is -2.61. The molecule has 0 bridgehead atoms. The second-order valence-corrected chi connectivity index (χ2v) is 11.8. The van der Waals surface area contributed by atoms with Gasteiger partial charge in [0.2, 0.25) is 6.29 Å². The molecule has 0 saturated carbocycles. The fourth-order valence-electron chi connectivity index (χ4n) is 5.25. The lowest BCUT2D eigenvalue weighted by atomic mass is 9.78.